The van der Waals surface area contributed by atoms with E-state index in [0.717, 1.165) is 13.1 Å². The highest BCUT2D eigenvalue weighted by Gasteiger charge is 2.46. The van der Waals surface area contributed by atoms with Gasteiger partial charge in [-0.2, -0.15) is 0 Å². The summed E-state index contributed by atoms with van der Waals surface area (Å²) >= 11 is 0. The number of rotatable bonds is 10. The fourth-order valence-electron chi connectivity index (χ4n) is 4.68. The van der Waals surface area contributed by atoms with Crippen molar-refractivity contribution >= 4 is 23.4 Å². The number of likely N-dealkylation sites (N-methyl/N-ethyl adjacent to an activating group) is 1. The molecule has 0 aliphatic carbocycles. The van der Waals surface area contributed by atoms with Crippen molar-refractivity contribution in [3.8, 4) is 5.75 Å². The zero-order valence-electron chi connectivity index (χ0n) is 21.8. The van der Waals surface area contributed by atoms with Gasteiger partial charge in [-0.3, -0.25) is 9.59 Å². The smallest absolute Gasteiger partial charge is 0.355 e. The Morgan fingerprint density at radius 3 is 2.31 bits per heavy atom. The van der Waals surface area contributed by atoms with E-state index in [1.165, 1.54) is 4.90 Å². The van der Waals surface area contributed by atoms with Crippen molar-refractivity contribution in [2.75, 3.05) is 39.9 Å². The number of ketones is 1. The molecular weight excluding hydrogens is 462 g/mol. The van der Waals surface area contributed by atoms with Gasteiger partial charge in [-0.15, -0.1) is 0 Å². The second-order valence-corrected chi connectivity index (χ2v) is 8.64. The fraction of sp³-hybridized carbons (Fsp3) is 0.444. The van der Waals surface area contributed by atoms with Gasteiger partial charge in [0, 0.05) is 24.3 Å². The zero-order valence-corrected chi connectivity index (χ0v) is 21.8. The summed E-state index contributed by atoms with van der Waals surface area (Å²) in [6.45, 7) is 11.9. The van der Waals surface area contributed by atoms with Crippen LogP contribution in [0.2, 0.25) is 0 Å². The number of esters is 1. The number of hydrogen-bond acceptors (Lipinski definition) is 7. The van der Waals surface area contributed by atoms with E-state index in [-0.39, 0.29) is 23.6 Å². The van der Waals surface area contributed by atoms with E-state index in [4.69, 9.17) is 9.47 Å². The van der Waals surface area contributed by atoms with Gasteiger partial charge in [0.2, 0.25) is 0 Å². The number of aliphatic hydroxyl groups excluding tert-OH is 1. The lowest BCUT2D eigenvalue weighted by Gasteiger charge is -2.28. The molecule has 1 fully saturated rings. The molecule has 9 nitrogen and oxygen atoms in total. The molecule has 3 rings (SSSR count). The predicted molar refractivity (Wildman–Crippen MR) is 136 cm³/mol. The first kappa shape index (κ1) is 27.0. The van der Waals surface area contributed by atoms with Crippen LogP contribution in [-0.2, 0) is 14.3 Å². The average molecular weight is 498 g/mol. The maximum Gasteiger partial charge on any atom is 0.355 e. The van der Waals surface area contributed by atoms with Gasteiger partial charge < -0.3 is 29.4 Å². The van der Waals surface area contributed by atoms with E-state index in [2.05, 4.69) is 9.88 Å². The van der Waals surface area contributed by atoms with Gasteiger partial charge in [-0.05, 0) is 57.1 Å². The van der Waals surface area contributed by atoms with Gasteiger partial charge in [-0.1, -0.05) is 26.0 Å². The van der Waals surface area contributed by atoms with Crippen molar-refractivity contribution in [3.05, 3.63) is 57.9 Å². The standard InChI is InChI=1S/C27H35N3O6/c1-7-29(8-2)14-15-30-23(18-10-12-19(35-6)13-11-18)21(25(32)26(30)33)24(31)20-16(4)22(28-17(20)5)27(34)36-9-3/h10-13,23,28,31H,7-9,14-15H2,1-6H3/b24-21+. The number of ether oxygens (including phenoxy) is 2. The molecule has 9 heteroatoms. The molecule has 1 aliphatic rings. The minimum atomic E-state index is -0.786. The molecule has 36 heavy (non-hydrogen) atoms. The first-order chi connectivity index (χ1) is 17.2. The van der Waals surface area contributed by atoms with Crippen molar-refractivity contribution in [3.63, 3.8) is 0 Å². The number of H-pyrrole nitrogens is 1. The SMILES string of the molecule is CCOC(=O)c1[nH]c(C)c(/C(O)=C2\C(=O)C(=O)N(CCN(CC)CC)C2c2ccc(OC)cc2)c1C. The quantitative estimate of drug-likeness (QED) is 0.223. The number of hydrogen-bond donors (Lipinski definition) is 2. The first-order valence-electron chi connectivity index (χ1n) is 12.2. The Morgan fingerprint density at radius 2 is 1.75 bits per heavy atom. The maximum absolute atomic E-state index is 13.3. The summed E-state index contributed by atoms with van der Waals surface area (Å²) in [5.41, 5.74) is 2.13. The number of aromatic nitrogens is 1. The average Bonchev–Trinajstić information content (AvgIpc) is 3.31. The second kappa shape index (κ2) is 11.4. The number of carbonyl (C=O) groups is 3. The number of aromatic amines is 1. The lowest BCUT2D eigenvalue weighted by Crippen LogP contribution is -2.38. The molecule has 1 aliphatic heterocycles. The molecule has 1 atom stereocenters. The van der Waals surface area contributed by atoms with Crippen molar-refractivity contribution in [1.82, 2.24) is 14.8 Å². The van der Waals surface area contributed by atoms with Gasteiger partial charge in [-0.25, -0.2) is 4.79 Å². The topological polar surface area (TPSA) is 112 Å². The van der Waals surface area contributed by atoms with E-state index in [1.807, 2.05) is 13.8 Å². The predicted octanol–water partition coefficient (Wildman–Crippen LogP) is 3.58. The maximum atomic E-state index is 13.3. The van der Waals surface area contributed by atoms with Crippen LogP contribution in [0, 0.1) is 13.8 Å². The Hall–Kier alpha value is -3.59. The van der Waals surface area contributed by atoms with E-state index < -0.39 is 23.7 Å². The molecule has 1 aromatic heterocycles. The minimum absolute atomic E-state index is 0.00896. The van der Waals surface area contributed by atoms with Crippen LogP contribution in [0.25, 0.3) is 5.76 Å². The number of Topliss-reactive ketones (excluding diaryl/α,β-unsaturated/α-hetero) is 1. The van der Waals surface area contributed by atoms with Crippen molar-refractivity contribution in [2.24, 2.45) is 0 Å². The van der Waals surface area contributed by atoms with Crippen LogP contribution in [0.4, 0.5) is 0 Å². The Morgan fingerprint density at radius 1 is 1.11 bits per heavy atom. The fourth-order valence-corrected chi connectivity index (χ4v) is 4.68. The van der Waals surface area contributed by atoms with Gasteiger partial charge in [0.1, 0.15) is 17.2 Å². The van der Waals surface area contributed by atoms with E-state index in [1.54, 1.807) is 52.1 Å². The number of methoxy groups -OCH3 is 1. The summed E-state index contributed by atoms with van der Waals surface area (Å²) in [6.07, 6.45) is 0. The van der Waals surface area contributed by atoms with Crippen LogP contribution in [0.5, 0.6) is 5.75 Å². The highest BCUT2D eigenvalue weighted by molar-refractivity contribution is 6.46. The molecule has 1 unspecified atom stereocenters. The lowest BCUT2D eigenvalue weighted by atomic mass is 9.94. The highest BCUT2D eigenvalue weighted by Crippen LogP contribution is 2.41. The van der Waals surface area contributed by atoms with Crippen LogP contribution < -0.4 is 4.74 Å². The molecule has 0 radical (unpaired) electrons. The van der Waals surface area contributed by atoms with Crippen LogP contribution in [-0.4, -0.2) is 77.4 Å². The molecule has 194 valence electrons. The third kappa shape index (κ3) is 5.02. The van der Waals surface area contributed by atoms with E-state index >= 15 is 0 Å². The minimum Gasteiger partial charge on any atom is -0.507 e. The number of amides is 1. The monoisotopic (exact) mass is 497 g/mol. The summed E-state index contributed by atoms with van der Waals surface area (Å²) in [6, 6.07) is 6.30. The Balaban J connectivity index is 2.16. The normalized spacial score (nSPS) is 17.2. The molecule has 0 saturated carbocycles. The number of aliphatic hydroxyl groups is 1. The first-order valence-corrected chi connectivity index (χ1v) is 12.2. The highest BCUT2D eigenvalue weighted by atomic mass is 16.5. The van der Waals surface area contributed by atoms with Crippen LogP contribution in [0.1, 0.15) is 59.7 Å². The zero-order chi connectivity index (χ0) is 26.6. The molecule has 0 bridgehead atoms. The van der Waals surface area contributed by atoms with Crippen LogP contribution in [0.3, 0.4) is 0 Å². The summed E-state index contributed by atoms with van der Waals surface area (Å²) < 4.78 is 10.4. The largest absolute Gasteiger partial charge is 0.507 e. The van der Waals surface area contributed by atoms with Gasteiger partial charge in [0.15, 0.2) is 0 Å². The molecule has 2 heterocycles. The van der Waals surface area contributed by atoms with Crippen LogP contribution >= 0.6 is 0 Å². The Bertz CT molecular complexity index is 1160. The summed E-state index contributed by atoms with van der Waals surface area (Å²) in [5.74, 6) is -1.66. The summed E-state index contributed by atoms with van der Waals surface area (Å²) in [4.78, 5) is 45.6. The molecule has 1 saturated heterocycles. The molecule has 2 N–H and O–H groups in total. The number of likely N-dealkylation sites (tertiary alicyclic amines) is 1. The third-order valence-electron chi connectivity index (χ3n) is 6.68. The number of benzene rings is 1. The number of carbonyl (C=O) groups excluding carboxylic acids is 3. The van der Waals surface area contributed by atoms with Gasteiger partial charge in [0.25, 0.3) is 11.7 Å². The Kier molecular flexibility index (Phi) is 8.57. The van der Waals surface area contributed by atoms with Crippen molar-refractivity contribution < 1.29 is 29.0 Å². The number of nitrogens with one attached hydrogen (secondary N) is 1. The molecule has 1 aromatic carbocycles. The van der Waals surface area contributed by atoms with E-state index in [9.17, 15) is 19.5 Å². The Labute approximate surface area is 211 Å². The lowest BCUT2D eigenvalue weighted by molar-refractivity contribution is -0.140. The van der Waals surface area contributed by atoms with Crippen molar-refractivity contribution in [2.45, 2.75) is 40.7 Å². The van der Waals surface area contributed by atoms with Crippen molar-refractivity contribution in [1.29, 1.82) is 0 Å². The summed E-state index contributed by atoms with van der Waals surface area (Å²) in [7, 11) is 1.56. The molecular formula is C27H35N3O6. The summed E-state index contributed by atoms with van der Waals surface area (Å²) in [5, 5.41) is 11.5. The van der Waals surface area contributed by atoms with Gasteiger partial charge >= 0.3 is 5.97 Å². The molecule has 2 aromatic rings. The van der Waals surface area contributed by atoms with Crippen LogP contribution in [0.15, 0.2) is 29.8 Å². The second-order valence-electron chi connectivity index (χ2n) is 8.64. The van der Waals surface area contributed by atoms with Gasteiger partial charge in [0.05, 0.1) is 25.3 Å². The number of nitrogens with zero attached hydrogens (tertiary/aromatic N) is 2. The van der Waals surface area contributed by atoms with E-state index in [0.29, 0.717) is 41.2 Å². The number of aryl methyl sites for hydroxylation is 1. The molecule has 0 spiro atoms. The molecule has 1 amide bonds. The third-order valence-corrected chi connectivity index (χ3v) is 6.68.